The zero-order valence-corrected chi connectivity index (χ0v) is 15.7. The van der Waals surface area contributed by atoms with E-state index in [0.717, 1.165) is 32.2 Å². The Hall–Kier alpha value is -1.60. The van der Waals surface area contributed by atoms with E-state index >= 15 is 0 Å². The zero-order chi connectivity index (χ0) is 17.5. The Labute approximate surface area is 151 Å². The van der Waals surface area contributed by atoms with Crippen molar-refractivity contribution >= 4 is 0 Å². The summed E-state index contributed by atoms with van der Waals surface area (Å²) in [5, 5.41) is 0. The minimum Gasteiger partial charge on any atom is -0.331 e. The second-order valence-electron chi connectivity index (χ2n) is 5.46. The van der Waals surface area contributed by atoms with Crippen LogP contribution in [-0.4, -0.2) is 6.54 Å². The average Bonchev–Trinajstić information content (AvgIpc) is 2.63. The van der Waals surface area contributed by atoms with Crippen molar-refractivity contribution in [3.63, 3.8) is 0 Å². The first kappa shape index (κ1) is 24.6. The fourth-order valence-corrected chi connectivity index (χ4v) is 2.02. The fraction of sp³-hybridized carbons (Fsp3) is 0.478. The molecule has 0 fully saturated rings. The summed E-state index contributed by atoms with van der Waals surface area (Å²) in [6.45, 7) is 11.4. The van der Waals surface area contributed by atoms with Crippen LogP contribution in [0.1, 0.15) is 64.3 Å². The summed E-state index contributed by atoms with van der Waals surface area (Å²) in [5.74, 6) is 0. The molecule has 0 radical (unpaired) electrons. The monoisotopic (exact) mass is 329 g/mol. The van der Waals surface area contributed by atoms with E-state index in [0.29, 0.717) is 0 Å². The number of aryl methyl sites for hydroxylation is 4. The minimum absolute atomic E-state index is 0. The molecule has 2 rings (SSSR count). The van der Waals surface area contributed by atoms with Gasteiger partial charge in [0.2, 0.25) is 0 Å². The lowest BCUT2D eigenvalue weighted by Crippen LogP contribution is -1.87. The summed E-state index contributed by atoms with van der Waals surface area (Å²) in [6.07, 6.45) is 4.57. The quantitative estimate of drug-likeness (QED) is 0.707. The van der Waals surface area contributed by atoms with Gasteiger partial charge in [0, 0.05) is 0 Å². The summed E-state index contributed by atoms with van der Waals surface area (Å²) >= 11 is 0. The summed E-state index contributed by atoms with van der Waals surface area (Å²) < 4.78 is 0. The lowest BCUT2D eigenvalue weighted by atomic mass is 10.1. The lowest BCUT2D eigenvalue weighted by Gasteiger charge is -1.97. The van der Waals surface area contributed by atoms with Gasteiger partial charge in [0.15, 0.2) is 0 Å². The van der Waals surface area contributed by atoms with E-state index < -0.39 is 0 Å². The van der Waals surface area contributed by atoms with Gasteiger partial charge in [-0.1, -0.05) is 90.6 Å². The lowest BCUT2D eigenvalue weighted by molar-refractivity contribution is 1.10. The molecule has 0 unspecified atom stereocenters. The van der Waals surface area contributed by atoms with Crippen LogP contribution in [0.25, 0.3) is 0 Å². The van der Waals surface area contributed by atoms with Gasteiger partial charge in [-0.25, -0.2) is 0 Å². The molecule has 0 spiro atoms. The summed E-state index contributed by atoms with van der Waals surface area (Å²) in [7, 11) is 0. The maximum Gasteiger partial charge on any atom is -0.0106 e. The molecule has 0 aromatic heterocycles. The molecule has 136 valence electrons. The highest BCUT2D eigenvalue weighted by Gasteiger charge is 1.89. The smallest absolute Gasteiger partial charge is 0.0106 e. The first-order chi connectivity index (χ1) is 11.1. The second kappa shape index (κ2) is 16.3. The van der Waals surface area contributed by atoms with Crippen LogP contribution < -0.4 is 5.73 Å². The number of hydrogen-bond acceptors (Lipinski definition) is 1. The van der Waals surface area contributed by atoms with Crippen LogP contribution in [0.5, 0.6) is 0 Å². The highest BCUT2D eigenvalue weighted by Crippen LogP contribution is 2.05. The first-order valence-electron chi connectivity index (χ1n) is 9.00. The molecule has 0 atom stereocenters. The molecule has 24 heavy (non-hydrogen) atoms. The minimum atomic E-state index is 0. The summed E-state index contributed by atoms with van der Waals surface area (Å²) in [6, 6.07) is 17.7. The van der Waals surface area contributed by atoms with Crippen molar-refractivity contribution in [2.75, 3.05) is 6.54 Å². The summed E-state index contributed by atoms with van der Waals surface area (Å²) in [4.78, 5) is 0. The van der Waals surface area contributed by atoms with Gasteiger partial charge in [-0.15, -0.1) is 0 Å². The van der Waals surface area contributed by atoms with Gasteiger partial charge in [-0.2, -0.15) is 0 Å². The van der Waals surface area contributed by atoms with Gasteiger partial charge in [0.25, 0.3) is 0 Å². The van der Waals surface area contributed by atoms with Gasteiger partial charge in [0.05, 0.1) is 0 Å². The zero-order valence-electron chi connectivity index (χ0n) is 15.7. The third kappa shape index (κ3) is 11.0. The van der Waals surface area contributed by atoms with Crippen molar-refractivity contribution < 1.29 is 0 Å². The van der Waals surface area contributed by atoms with Crippen molar-refractivity contribution in [3.05, 3.63) is 70.8 Å². The van der Waals surface area contributed by atoms with Gasteiger partial charge in [-0.3, -0.25) is 0 Å². The largest absolute Gasteiger partial charge is 0.331 e. The van der Waals surface area contributed by atoms with Crippen LogP contribution in [0.4, 0.5) is 0 Å². The molecule has 0 bridgehead atoms. The van der Waals surface area contributed by atoms with Gasteiger partial charge >= 0.3 is 0 Å². The molecule has 0 aliphatic carbocycles. The second-order valence-corrected chi connectivity index (χ2v) is 5.46. The normalized spacial score (nSPS) is 8.92. The number of hydrogen-bond donors (Lipinski definition) is 1. The molecule has 0 amide bonds. The van der Waals surface area contributed by atoms with Gasteiger partial charge < -0.3 is 5.73 Å². The first-order valence-corrected chi connectivity index (χ1v) is 9.00. The summed E-state index contributed by atoms with van der Waals surface area (Å²) in [5.41, 5.74) is 10.6. The van der Waals surface area contributed by atoms with Crippen molar-refractivity contribution in [1.29, 1.82) is 0 Å². The standard InChI is InChI=1S/2C10H14.C2H7N.CH4/c2*1-3-9-5-7-10(4-2)8-6-9;1-2-3;/h2*5-8H,3-4H2,1-2H3;2-3H2,1H3;1H4. The molecule has 1 nitrogen and oxygen atoms in total. The molecule has 0 heterocycles. The van der Waals surface area contributed by atoms with Crippen LogP contribution in [-0.2, 0) is 25.7 Å². The predicted molar refractivity (Wildman–Crippen MR) is 112 cm³/mol. The Morgan fingerprint density at radius 2 is 0.625 bits per heavy atom. The third-order valence-electron chi connectivity index (χ3n) is 3.68. The molecular weight excluding hydrogens is 290 g/mol. The molecule has 0 aliphatic heterocycles. The third-order valence-corrected chi connectivity index (χ3v) is 3.68. The number of nitrogens with two attached hydrogens (primary N) is 1. The molecule has 1 heteroatoms. The number of benzene rings is 2. The van der Waals surface area contributed by atoms with Crippen LogP contribution >= 0.6 is 0 Å². The Bertz CT molecular complexity index is 389. The van der Waals surface area contributed by atoms with Crippen LogP contribution in [0.2, 0.25) is 0 Å². The predicted octanol–water partition coefficient (Wildman–Crippen LogP) is 6.22. The molecule has 2 N–H and O–H groups in total. The molecule has 0 saturated carbocycles. The van der Waals surface area contributed by atoms with E-state index in [1.165, 1.54) is 22.3 Å². The fourth-order valence-electron chi connectivity index (χ4n) is 2.02. The van der Waals surface area contributed by atoms with E-state index in [-0.39, 0.29) is 7.43 Å². The van der Waals surface area contributed by atoms with Crippen LogP contribution in [0.3, 0.4) is 0 Å². The van der Waals surface area contributed by atoms with E-state index in [1.54, 1.807) is 0 Å². The molecule has 0 saturated heterocycles. The van der Waals surface area contributed by atoms with Crippen molar-refractivity contribution in [2.45, 2.75) is 67.7 Å². The average molecular weight is 330 g/mol. The van der Waals surface area contributed by atoms with Crippen molar-refractivity contribution in [2.24, 2.45) is 5.73 Å². The topological polar surface area (TPSA) is 26.0 Å². The number of rotatable bonds is 4. The molecule has 2 aromatic rings. The molecule has 0 aliphatic rings. The van der Waals surface area contributed by atoms with Crippen molar-refractivity contribution in [1.82, 2.24) is 0 Å². The maximum atomic E-state index is 4.85. The van der Waals surface area contributed by atoms with E-state index in [2.05, 4.69) is 76.2 Å². The van der Waals surface area contributed by atoms with Crippen molar-refractivity contribution in [3.8, 4) is 0 Å². The Balaban J connectivity index is 0. The Kier molecular flexibility index (Phi) is 16.7. The highest BCUT2D eigenvalue weighted by atomic mass is 14.5. The molecule has 2 aromatic carbocycles. The van der Waals surface area contributed by atoms with E-state index in [9.17, 15) is 0 Å². The highest BCUT2D eigenvalue weighted by molar-refractivity contribution is 5.22. The maximum absolute atomic E-state index is 4.85. The van der Waals surface area contributed by atoms with Gasteiger partial charge in [-0.05, 0) is 54.5 Å². The van der Waals surface area contributed by atoms with Gasteiger partial charge in [0.1, 0.15) is 0 Å². The van der Waals surface area contributed by atoms with E-state index in [1.807, 2.05) is 6.92 Å². The SMILES string of the molecule is C.CCN.CCc1ccc(CC)cc1.CCc1ccc(CC)cc1. The van der Waals surface area contributed by atoms with Crippen LogP contribution in [0, 0.1) is 0 Å². The van der Waals surface area contributed by atoms with E-state index in [4.69, 9.17) is 5.73 Å². The Morgan fingerprint density at radius 3 is 0.708 bits per heavy atom. The van der Waals surface area contributed by atoms with Crippen LogP contribution in [0.15, 0.2) is 48.5 Å². The molecular formula is C23H39N. The Morgan fingerprint density at radius 1 is 0.500 bits per heavy atom.